The number of rotatable bonds is 4. The summed E-state index contributed by atoms with van der Waals surface area (Å²) in [6.07, 6.45) is -4.70. The van der Waals surface area contributed by atoms with Gasteiger partial charge in [0.15, 0.2) is 0 Å². The van der Waals surface area contributed by atoms with E-state index in [4.69, 9.17) is 21.1 Å². The fourth-order valence-electron chi connectivity index (χ4n) is 2.10. The maximum absolute atomic E-state index is 12.9. The Kier molecular flexibility index (Phi) is 6.17. The minimum atomic E-state index is -4.70. The number of halogens is 4. The number of benzene rings is 2. The molecule has 0 heterocycles. The van der Waals surface area contributed by atoms with Crippen molar-refractivity contribution in [3.8, 4) is 11.5 Å². The van der Waals surface area contributed by atoms with Gasteiger partial charge in [0, 0.05) is 11.8 Å². The van der Waals surface area contributed by atoms with Crippen LogP contribution < -0.4 is 20.1 Å². The van der Waals surface area contributed by atoms with Crippen LogP contribution in [0.5, 0.6) is 11.5 Å². The van der Waals surface area contributed by atoms with Gasteiger partial charge in [0.05, 0.1) is 30.5 Å². The lowest BCUT2D eigenvalue weighted by molar-refractivity contribution is -0.137. The summed E-state index contributed by atoms with van der Waals surface area (Å²) in [5, 5.41) is 3.87. The van der Waals surface area contributed by atoms with Crippen LogP contribution in [0.2, 0.25) is 5.02 Å². The quantitative estimate of drug-likeness (QED) is 0.759. The molecule has 10 heteroatoms. The molecule has 144 valence electrons. The summed E-state index contributed by atoms with van der Waals surface area (Å²) in [6.45, 7) is 0. The van der Waals surface area contributed by atoms with Gasteiger partial charge in [-0.15, -0.1) is 0 Å². The monoisotopic (exact) mass is 402 g/mol. The highest BCUT2D eigenvalue weighted by Gasteiger charge is 2.33. The predicted molar refractivity (Wildman–Crippen MR) is 93.3 cm³/mol. The van der Waals surface area contributed by atoms with Crippen LogP contribution in [0.15, 0.2) is 36.4 Å². The lowest BCUT2D eigenvalue weighted by atomic mass is 10.2. The van der Waals surface area contributed by atoms with Gasteiger partial charge in [0.1, 0.15) is 11.5 Å². The molecule has 0 spiro atoms. The van der Waals surface area contributed by atoms with Gasteiger partial charge in [-0.2, -0.15) is 13.2 Å². The lowest BCUT2D eigenvalue weighted by Crippen LogP contribution is -2.29. The van der Waals surface area contributed by atoms with E-state index in [1.165, 1.54) is 26.4 Å². The third-order valence-corrected chi connectivity index (χ3v) is 3.72. The Morgan fingerprint density at radius 1 is 0.963 bits per heavy atom. The van der Waals surface area contributed by atoms with Crippen LogP contribution in [-0.2, 0) is 15.8 Å². The summed E-state index contributed by atoms with van der Waals surface area (Å²) in [5.74, 6) is -1.61. The number of nitrogens with one attached hydrogen (secondary N) is 2. The second-order valence-corrected chi connectivity index (χ2v) is 5.57. The fraction of sp³-hybridized carbons (Fsp3) is 0.176. The normalized spacial score (nSPS) is 10.9. The minimum Gasteiger partial charge on any atom is -0.497 e. The van der Waals surface area contributed by atoms with E-state index in [-0.39, 0.29) is 17.1 Å². The van der Waals surface area contributed by atoms with E-state index in [0.29, 0.717) is 11.8 Å². The molecule has 0 aliphatic rings. The van der Waals surface area contributed by atoms with Crippen molar-refractivity contribution >= 4 is 34.8 Å². The van der Waals surface area contributed by atoms with Crippen molar-refractivity contribution in [2.24, 2.45) is 0 Å². The third-order valence-electron chi connectivity index (χ3n) is 3.39. The van der Waals surface area contributed by atoms with Crippen LogP contribution in [0.1, 0.15) is 5.56 Å². The first-order valence-electron chi connectivity index (χ1n) is 7.36. The molecule has 2 rings (SSSR count). The second kappa shape index (κ2) is 8.17. The number of methoxy groups -OCH3 is 2. The minimum absolute atomic E-state index is 0.157. The molecular weight excluding hydrogens is 389 g/mol. The first kappa shape index (κ1) is 20.4. The second-order valence-electron chi connectivity index (χ2n) is 5.17. The average Bonchev–Trinajstić information content (AvgIpc) is 2.62. The third kappa shape index (κ3) is 5.04. The van der Waals surface area contributed by atoms with Gasteiger partial charge in [-0.3, -0.25) is 9.59 Å². The first-order valence-corrected chi connectivity index (χ1v) is 7.74. The van der Waals surface area contributed by atoms with E-state index < -0.39 is 28.6 Å². The number of ether oxygens (including phenoxy) is 2. The lowest BCUT2D eigenvalue weighted by Gasteiger charge is -2.13. The van der Waals surface area contributed by atoms with E-state index in [2.05, 4.69) is 10.6 Å². The maximum Gasteiger partial charge on any atom is 0.417 e. The van der Waals surface area contributed by atoms with E-state index in [1.54, 1.807) is 6.07 Å². The molecule has 0 saturated heterocycles. The van der Waals surface area contributed by atoms with Crippen molar-refractivity contribution in [2.45, 2.75) is 6.18 Å². The van der Waals surface area contributed by atoms with Crippen LogP contribution in [0.4, 0.5) is 24.5 Å². The zero-order valence-electron chi connectivity index (χ0n) is 14.1. The Labute approximate surface area is 157 Å². The van der Waals surface area contributed by atoms with Crippen molar-refractivity contribution < 1.29 is 32.2 Å². The highest BCUT2D eigenvalue weighted by molar-refractivity contribution is 6.43. The molecule has 2 amide bonds. The van der Waals surface area contributed by atoms with Crippen molar-refractivity contribution in [1.29, 1.82) is 0 Å². The molecule has 2 aromatic carbocycles. The summed E-state index contributed by atoms with van der Waals surface area (Å²) in [4.78, 5) is 24.1. The molecule has 0 bridgehead atoms. The van der Waals surface area contributed by atoms with E-state index in [1.807, 2.05) is 0 Å². The molecule has 2 N–H and O–H groups in total. The van der Waals surface area contributed by atoms with Crippen molar-refractivity contribution in [3.63, 3.8) is 0 Å². The topological polar surface area (TPSA) is 76.7 Å². The molecule has 0 radical (unpaired) electrons. The molecule has 0 atom stereocenters. The summed E-state index contributed by atoms with van der Waals surface area (Å²) in [7, 11) is 2.78. The Hall–Kier alpha value is -2.94. The highest BCUT2D eigenvalue weighted by atomic mass is 35.5. The molecule has 0 saturated carbocycles. The molecule has 0 aliphatic heterocycles. The smallest absolute Gasteiger partial charge is 0.417 e. The maximum atomic E-state index is 12.9. The Bertz CT molecular complexity index is 872. The van der Waals surface area contributed by atoms with Gasteiger partial charge in [-0.1, -0.05) is 11.6 Å². The van der Waals surface area contributed by atoms with Crippen LogP contribution >= 0.6 is 11.6 Å². The molecule has 0 aromatic heterocycles. The van der Waals surface area contributed by atoms with E-state index in [0.717, 1.165) is 12.1 Å². The largest absolute Gasteiger partial charge is 0.497 e. The Morgan fingerprint density at radius 2 is 1.63 bits per heavy atom. The number of anilines is 2. The first-order chi connectivity index (χ1) is 12.7. The van der Waals surface area contributed by atoms with Crippen molar-refractivity contribution in [1.82, 2.24) is 0 Å². The summed E-state index contributed by atoms with van der Waals surface area (Å²) in [6, 6.07) is 7.29. The number of alkyl halides is 3. The van der Waals surface area contributed by atoms with Crippen LogP contribution in [0.25, 0.3) is 0 Å². The zero-order chi connectivity index (χ0) is 20.2. The van der Waals surface area contributed by atoms with Crippen molar-refractivity contribution in [2.75, 3.05) is 24.9 Å². The molecule has 2 aromatic rings. The van der Waals surface area contributed by atoms with Crippen LogP contribution in [0.3, 0.4) is 0 Å². The van der Waals surface area contributed by atoms with E-state index in [9.17, 15) is 22.8 Å². The van der Waals surface area contributed by atoms with E-state index >= 15 is 0 Å². The molecule has 0 fully saturated rings. The van der Waals surface area contributed by atoms with Gasteiger partial charge >= 0.3 is 18.0 Å². The van der Waals surface area contributed by atoms with Crippen molar-refractivity contribution in [3.05, 3.63) is 47.0 Å². The van der Waals surface area contributed by atoms with Gasteiger partial charge in [0.2, 0.25) is 0 Å². The Morgan fingerprint density at radius 3 is 2.22 bits per heavy atom. The SMILES string of the molecule is COc1ccc(OC)c(NC(=O)C(=O)Nc2ccc(Cl)c(C(F)(F)F)c2)c1. The van der Waals surface area contributed by atoms with Gasteiger partial charge in [-0.25, -0.2) is 0 Å². The predicted octanol–water partition coefficient (Wildman–Crippen LogP) is 3.95. The summed E-state index contributed by atoms with van der Waals surface area (Å²) < 4.78 is 48.7. The standard InChI is InChI=1S/C17H14ClF3N2O4/c1-26-10-4-6-14(27-2)13(8-10)23-16(25)15(24)22-9-3-5-12(18)11(7-9)17(19,20)21/h3-8H,1-2H3,(H,22,24)(H,23,25). The average molecular weight is 403 g/mol. The molecule has 6 nitrogen and oxygen atoms in total. The molecule has 27 heavy (non-hydrogen) atoms. The number of hydrogen-bond donors (Lipinski definition) is 2. The Balaban J connectivity index is 2.16. The van der Waals surface area contributed by atoms with Crippen LogP contribution in [-0.4, -0.2) is 26.0 Å². The van der Waals surface area contributed by atoms with Gasteiger partial charge in [-0.05, 0) is 30.3 Å². The summed E-state index contributed by atoms with van der Waals surface area (Å²) >= 11 is 5.51. The molecule has 0 unspecified atom stereocenters. The molecule has 0 aliphatic carbocycles. The van der Waals surface area contributed by atoms with Gasteiger partial charge < -0.3 is 20.1 Å². The number of amides is 2. The highest BCUT2D eigenvalue weighted by Crippen LogP contribution is 2.36. The number of carbonyl (C=O) groups is 2. The fourth-order valence-corrected chi connectivity index (χ4v) is 2.32. The van der Waals surface area contributed by atoms with Gasteiger partial charge in [0.25, 0.3) is 0 Å². The summed E-state index contributed by atoms with van der Waals surface area (Å²) in [5.41, 5.74) is -1.20. The molecular formula is C17H14ClF3N2O4. The number of carbonyl (C=O) groups excluding carboxylic acids is 2. The zero-order valence-corrected chi connectivity index (χ0v) is 14.9. The number of hydrogen-bond acceptors (Lipinski definition) is 4. The van der Waals surface area contributed by atoms with Crippen LogP contribution in [0, 0.1) is 0 Å².